The van der Waals surface area contributed by atoms with Gasteiger partial charge in [-0.1, -0.05) is 31.2 Å². The van der Waals surface area contributed by atoms with E-state index in [0.29, 0.717) is 12.2 Å². The van der Waals surface area contributed by atoms with Crippen molar-refractivity contribution in [3.63, 3.8) is 0 Å². The highest BCUT2D eigenvalue weighted by Gasteiger charge is 2.02. The van der Waals surface area contributed by atoms with Crippen LogP contribution in [-0.4, -0.2) is 24.5 Å². The molecule has 1 heterocycles. The number of methoxy groups -OCH3 is 1. The van der Waals surface area contributed by atoms with Gasteiger partial charge in [0.05, 0.1) is 13.7 Å². The fourth-order valence-electron chi connectivity index (χ4n) is 2.78. The number of rotatable bonds is 9. The summed E-state index contributed by atoms with van der Waals surface area (Å²) < 4.78 is 10.9. The number of ketones is 1. The van der Waals surface area contributed by atoms with Crippen molar-refractivity contribution in [2.75, 3.05) is 13.7 Å². The molecule has 0 aliphatic heterocycles. The molecule has 29 heavy (non-hydrogen) atoms. The van der Waals surface area contributed by atoms with Gasteiger partial charge in [-0.25, -0.2) is 0 Å². The third-order valence-corrected chi connectivity index (χ3v) is 4.60. The van der Waals surface area contributed by atoms with Gasteiger partial charge < -0.3 is 9.47 Å². The van der Waals surface area contributed by atoms with Crippen LogP contribution in [0.3, 0.4) is 0 Å². The van der Waals surface area contributed by atoms with Crippen LogP contribution in [0.1, 0.15) is 34.1 Å². The quantitative estimate of drug-likeness (QED) is 0.375. The van der Waals surface area contributed by atoms with Gasteiger partial charge in [-0.15, -0.1) is 0 Å². The number of pyridine rings is 1. The zero-order chi connectivity index (χ0) is 20.5. The van der Waals surface area contributed by atoms with Gasteiger partial charge in [0.2, 0.25) is 0 Å². The lowest BCUT2D eigenvalue weighted by molar-refractivity contribution is 0.104. The molecule has 0 N–H and O–H groups in total. The zero-order valence-electron chi connectivity index (χ0n) is 16.8. The Bertz CT molecular complexity index is 943. The second kappa shape index (κ2) is 10.2. The van der Waals surface area contributed by atoms with E-state index in [0.717, 1.165) is 35.6 Å². The molecule has 2 aromatic carbocycles. The van der Waals surface area contributed by atoms with Gasteiger partial charge in [-0.3, -0.25) is 9.78 Å². The summed E-state index contributed by atoms with van der Waals surface area (Å²) >= 11 is 0. The highest BCUT2D eigenvalue weighted by molar-refractivity contribution is 6.06. The smallest absolute Gasteiger partial charge is 0.185 e. The number of aromatic nitrogens is 1. The van der Waals surface area contributed by atoms with Crippen LogP contribution in [0.5, 0.6) is 11.5 Å². The lowest BCUT2D eigenvalue weighted by Crippen LogP contribution is -2.03. The first kappa shape index (κ1) is 20.3. The summed E-state index contributed by atoms with van der Waals surface area (Å²) in [4.78, 5) is 16.7. The Labute approximate surface area is 171 Å². The first-order valence-electron chi connectivity index (χ1n) is 9.71. The third kappa shape index (κ3) is 6.04. The number of carbonyl (C=O) groups excluding carboxylic acids is 1. The first-order valence-corrected chi connectivity index (χ1v) is 9.71. The number of hydrogen-bond acceptors (Lipinski definition) is 4. The molecule has 0 saturated heterocycles. The van der Waals surface area contributed by atoms with Gasteiger partial charge in [-0.05, 0) is 66.1 Å². The first-order chi connectivity index (χ1) is 14.2. The highest BCUT2D eigenvalue weighted by atomic mass is 16.5. The molecule has 0 bridgehead atoms. The molecule has 0 aliphatic rings. The molecule has 0 aliphatic carbocycles. The predicted octanol–water partition coefficient (Wildman–Crippen LogP) is 5.17. The van der Waals surface area contributed by atoms with Crippen molar-refractivity contribution in [1.29, 1.82) is 0 Å². The van der Waals surface area contributed by atoms with Crippen LogP contribution in [0.4, 0.5) is 0 Å². The summed E-state index contributed by atoms with van der Waals surface area (Å²) in [5.41, 5.74) is 3.83. The van der Waals surface area contributed by atoms with Crippen LogP contribution in [0, 0.1) is 0 Å². The summed E-state index contributed by atoms with van der Waals surface area (Å²) in [5, 5.41) is 0. The molecule has 148 valence electrons. The van der Waals surface area contributed by atoms with E-state index in [9.17, 15) is 4.79 Å². The molecule has 0 saturated carbocycles. The summed E-state index contributed by atoms with van der Waals surface area (Å²) in [6, 6.07) is 18.9. The van der Waals surface area contributed by atoms with Crippen LogP contribution in [0.2, 0.25) is 0 Å². The Hall–Kier alpha value is -3.40. The Balaban J connectivity index is 1.49. The van der Waals surface area contributed by atoms with Crippen LogP contribution >= 0.6 is 0 Å². The topological polar surface area (TPSA) is 48.4 Å². The second-order valence-electron chi connectivity index (χ2n) is 6.60. The van der Waals surface area contributed by atoms with Gasteiger partial charge >= 0.3 is 0 Å². The van der Waals surface area contributed by atoms with Crippen molar-refractivity contribution >= 4 is 11.9 Å². The number of allylic oxidation sites excluding steroid dienone is 1. The Morgan fingerprint density at radius 1 is 0.966 bits per heavy atom. The van der Waals surface area contributed by atoms with E-state index in [2.05, 4.69) is 24.0 Å². The van der Waals surface area contributed by atoms with E-state index >= 15 is 0 Å². The SMILES string of the molecule is CCc1ccc(CCOc2ccc(/C=C/C(=O)c3ccc(OC)cc3)cc2)nc1. The average molecular weight is 387 g/mol. The molecule has 0 atom stereocenters. The zero-order valence-corrected chi connectivity index (χ0v) is 16.8. The minimum Gasteiger partial charge on any atom is -0.497 e. The summed E-state index contributed by atoms with van der Waals surface area (Å²) in [7, 11) is 1.60. The maximum absolute atomic E-state index is 12.2. The van der Waals surface area contributed by atoms with E-state index < -0.39 is 0 Å². The van der Waals surface area contributed by atoms with E-state index in [1.807, 2.05) is 30.5 Å². The van der Waals surface area contributed by atoms with Crippen molar-refractivity contribution in [2.24, 2.45) is 0 Å². The van der Waals surface area contributed by atoms with Crippen LogP contribution in [0.15, 0.2) is 72.9 Å². The molecular formula is C25H25NO3. The van der Waals surface area contributed by atoms with E-state index in [1.54, 1.807) is 43.5 Å². The maximum atomic E-state index is 12.2. The number of carbonyl (C=O) groups is 1. The molecule has 4 heteroatoms. The molecule has 0 unspecified atom stereocenters. The van der Waals surface area contributed by atoms with E-state index in [1.165, 1.54) is 5.56 Å². The molecule has 4 nitrogen and oxygen atoms in total. The third-order valence-electron chi connectivity index (χ3n) is 4.60. The van der Waals surface area contributed by atoms with Crippen molar-refractivity contribution < 1.29 is 14.3 Å². The number of nitrogens with zero attached hydrogens (tertiary/aromatic N) is 1. The van der Waals surface area contributed by atoms with Crippen molar-refractivity contribution in [1.82, 2.24) is 4.98 Å². The average Bonchev–Trinajstić information content (AvgIpc) is 2.79. The van der Waals surface area contributed by atoms with Crippen LogP contribution < -0.4 is 9.47 Å². The van der Waals surface area contributed by atoms with Gasteiger partial charge in [0.15, 0.2) is 5.78 Å². The fourth-order valence-corrected chi connectivity index (χ4v) is 2.78. The standard InChI is InChI=1S/C25H25NO3/c1-3-19-4-10-22(26-18-19)16-17-29-24-11-5-20(6-12-24)7-15-25(27)21-8-13-23(28-2)14-9-21/h4-15,18H,3,16-17H2,1-2H3/b15-7+. The van der Waals surface area contributed by atoms with Crippen LogP contribution in [-0.2, 0) is 12.8 Å². The van der Waals surface area contributed by atoms with E-state index in [4.69, 9.17) is 9.47 Å². The largest absolute Gasteiger partial charge is 0.497 e. The van der Waals surface area contributed by atoms with Gasteiger partial charge in [-0.2, -0.15) is 0 Å². The molecule has 0 radical (unpaired) electrons. The number of aryl methyl sites for hydroxylation is 1. The van der Waals surface area contributed by atoms with Crippen molar-refractivity contribution in [3.05, 3.63) is 95.3 Å². The summed E-state index contributed by atoms with van der Waals surface area (Å²) in [6.07, 6.45) is 7.06. The Kier molecular flexibility index (Phi) is 7.17. The van der Waals surface area contributed by atoms with Crippen LogP contribution in [0.25, 0.3) is 6.08 Å². The second-order valence-corrected chi connectivity index (χ2v) is 6.60. The number of ether oxygens (including phenoxy) is 2. The molecule has 1 aromatic heterocycles. The summed E-state index contributed by atoms with van der Waals surface area (Å²) in [5.74, 6) is 1.48. The number of benzene rings is 2. The predicted molar refractivity (Wildman–Crippen MR) is 116 cm³/mol. The normalized spacial score (nSPS) is 10.8. The monoisotopic (exact) mass is 387 g/mol. The lowest BCUT2D eigenvalue weighted by atomic mass is 10.1. The Morgan fingerprint density at radius 3 is 2.31 bits per heavy atom. The lowest BCUT2D eigenvalue weighted by Gasteiger charge is -2.06. The summed E-state index contributed by atoms with van der Waals surface area (Å²) in [6.45, 7) is 2.69. The van der Waals surface area contributed by atoms with Crippen molar-refractivity contribution in [2.45, 2.75) is 19.8 Å². The van der Waals surface area contributed by atoms with Gasteiger partial charge in [0.25, 0.3) is 0 Å². The highest BCUT2D eigenvalue weighted by Crippen LogP contribution is 2.15. The van der Waals surface area contributed by atoms with Crippen molar-refractivity contribution in [3.8, 4) is 11.5 Å². The molecule has 3 aromatic rings. The maximum Gasteiger partial charge on any atom is 0.185 e. The molecule has 0 spiro atoms. The molecule has 3 rings (SSSR count). The minimum atomic E-state index is -0.0467. The molecule has 0 amide bonds. The van der Waals surface area contributed by atoms with Gasteiger partial charge in [0.1, 0.15) is 11.5 Å². The van der Waals surface area contributed by atoms with E-state index in [-0.39, 0.29) is 5.78 Å². The molecule has 0 fully saturated rings. The van der Waals surface area contributed by atoms with Gasteiger partial charge in [0, 0.05) is 23.9 Å². The molecular weight excluding hydrogens is 362 g/mol. The Morgan fingerprint density at radius 2 is 1.69 bits per heavy atom. The minimum absolute atomic E-state index is 0.0467. The fraction of sp³-hybridized carbons (Fsp3) is 0.200. The number of hydrogen-bond donors (Lipinski definition) is 0.